The minimum absolute atomic E-state index is 0.0850. The van der Waals surface area contributed by atoms with Gasteiger partial charge < -0.3 is 15.4 Å². The molecule has 3 rings (SSSR count). The molecule has 2 N–H and O–H groups in total. The van der Waals surface area contributed by atoms with Crippen LogP contribution in [0.2, 0.25) is 0 Å². The Labute approximate surface area is 199 Å². The lowest BCUT2D eigenvalue weighted by Gasteiger charge is -2.22. The van der Waals surface area contributed by atoms with Crippen molar-refractivity contribution >= 4 is 35.4 Å². The summed E-state index contributed by atoms with van der Waals surface area (Å²) in [6.45, 7) is 1.44. The Bertz CT molecular complexity index is 1130. The summed E-state index contributed by atoms with van der Waals surface area (Å²) in [6.07, 6.45) is 3.59. The highest BCUT2D eigenvalue weighted by atomic mass is 16.5. The molecular weight excluding hydrogens is 430 g/mol. The first-order valence-electron chi connectivity index (χ1n) is 10.9. The van der Waals surface area contributed by atoms with Crippen molar-refractivity contribution in [2.45, 2.75) is 6.92 Å². The lowest BCUT2D eigenvalue weighted by molar-refractivity contribution is -0.141. The number of benzene rings is 3. The molecule has 174 valence electrons. The number of hydrogen-bond acceptors (Lipinski definition) is 4. The number of amides is 3. The molecule has 0 saturated heterocycles. The maximum Gasteiger partial charge on any atom is 0.326 e. The Morgan fingerprint density at radius 1 is 0.912 bits per heavy atom. The SMILES string of the molecule is Cc1cccc(NC(=O)NCC(=O)N(CC(=O)OCC=Cc2ccccc2)c2ccccc2)c1. The highest BCUT2D eigenvalue weighted by Crippen LogP contribution is 2.14. The van der Waals surface area contributed by atoms with E-state index in [1.54, 1.807) is 36.4 Å². The maximum absolute atomic E-state index is 12.9. The number of aryl methyl sites for hydroxylation is 1. The summed E-state index contributed by atoms with van der Waals surface area (Å²) >= 11 is 0. The van der Waals surface area contributed by atoms with E-state index in [1.807, 2.05) is 67.6 Å². The van der Waals surface area contributed by atoms with Crippen molar-refractivity contribution < 1.29 is 19.1 Å². The number of ether oxygens (including phenoxy) is 1. The smallest absolute Gasteiger partial charge is 0.326 e. The van der Waals surface area contributed by atoms with Gasteiger partial charge >= 0.3 is 12.0 Å². The van der Waals surface area contributed by atoms with Crippen LogP contribution in [0.15, 0.2) is 91.0 Å². The summed E-state index contributed by atoms with van der Waals surface area (Å²) < 4.78 is 5.26. The van der Waals surface area contributed by atoms with E-state index in [1.165, 1.54) is 4.90 Å². The fraction of sp³-hybridized carbons (Fsp3) is 0.148. The Balaban J connectivity index is 1.54. The van der Waals surface area contributed by atoms with Gasteiger partial charge in [-0.25, -0.2) is 4.79 Å². The molecule has 3 aromatic rings. The minimum Gasteiger partial charge on any atom is -0.460 e. The molecular formula is C27H27N3O4. The van der Waals surface area contributed by atoms with E-state index in [9.17, 15) is 14.4 Å². The molecule has 0 spiro atoms. The van der Waals surface area contributed by atoms with Crippen LogP contribution in [0.1, 0.15) is 11.1 Å². The molecule has 0 fully saturated rings. The van der Waals surface area contributed by atoms with Gasteiger partial charge in [-0.2, -0.15) is 0 Å². The first-order valence-corrected chi connectivity index (χ1v) is 10.9. The van der Waals surface area contributed by atoms with Gasteiger partial charge in [-0.1, -0.05) is 66.7 Å². The Morgan fingerprint density at radius 3 is 2.32 bits per heavy atom. The Kier molecular flexibility index (Phi) is 8.99. The normalized spacial score (nSPS) is 10.5. The highest BCUT2D eigenvalue weighted by Gasteiger charge is 2.20. The molecule has 0 bridgehead atoms. The van der Waals surface area contributed by atoms with Crippen LogP contribution in [0, 0.1) is 6.92 Å². The molecule has 0 aromatic heterocycles. The molecule has 7 nitrogen and oxygen atoms in total. The topological polar surface area (TPSA) is 87.7 Å². The second-order valence-corrected chi connectivity index (χ2v) is 7.49. The zero-order chi connectivity index (χ0) is 24.2. The summed E-state index contributed by atoms with van der Waals surface area (Å²) in [5.41, 5.74) is 3.15. The van der Waals surface area contributed by atoms with Gasteiger partial charge in [0.05, 0.1) is 6.54 Å². The first kappa shape index (κ1) is 24.3. The van der Waals surface area contributed by atoms with Crippen LogP contribution in [0.4, 0.5) is 16.2 Å². The Hall–Kier alpha value is -4.39. The Morgan fingerprint density at radius 2 is 1.62 bits per heavy atom. The average Bonchev–Trinajstić information content (AvgIpc) is 2.85. The summed E-state index contributed by atoms with van der Waals surface area (Å²) in [7, 11) is 0. The third-order valence-electron chi connectivity index (χ3n) is 4.78. The number of nitrogens with zero attached hydrogens (tertiary/aromatic N) is 1. The second kappa shape index (κ2) is 12.6. The van der Waals surface area contributed by atoms with E-state index in [2.05, 4.69) is 10.6 Å². The maximum atomic E-state index is 12.9. The average molecular weight is 458 g/mol. The van der Waals surface area contributed by atoms with Gasteiger partial charge in [0.1, 0.15) is 13.2 Å². The van der Waals surface area contributed by atoms with Crippen molar-refractivity contribution in [3.8, 4) is 0 Å². The summed E-state index contributed by atoms with van der Waals surface area (Å²) in [4.78, 5) is 38.8. The van der Waals surface area contributed by atoms with Crippen LogP contribution in [0.3, 0.4) is 0 Å². The third kappa shape index (κ3) is 7.94. The molecule has 3 aromatic carbocycles. The number of rotatable bonds is 9. The van der Waals surface area contributed by atoms with E-state index in [4.69, 9.17) is 4.74 Å². The lowest BCUT2D eigenvalue weighted by atomic mass is 10.2. The molecule has 0 radical (unpaired) electrons. The van der Waals surface area contributed by atoms with Gasteiger partial charge in [0, 0.05) is 11.4 Å². The molecule has 0 aliphatic carbocycles. The van der Waals surface area contributed by atoms with Crippen LogP contribution in [-0.2, 0) is 14.3 Å². The van der Waals surface area contributed by atoms with Gasteiger partial charge in [0.15, 0.2) is 0 Å². The van der Waals surface area contributed by atoms with Crippen LogP contribution in [0.5, 0.6) is 0 Å². The van der Waals surface area contributed by atoms with Gasteiger partial charge in [-0.3, -0.25) is 14.5 Å². The fourth-order valence-corrected chi connectivity index (χ4v) is 3.14. The lowest BCUT2D eigenvalue weighted by Crippen LogP contribution is -2.44. The fourth-order valence-electron chi connectivity index (χ4n) is 3.14. The summed E-state index contributed by atoms with van der Waals surface area (Å²) in [5, 5.41) is 5.23. The summed E-state index contributed by atoms with van der Waals surface area (Å²) in [6, 6.07) is 25.2. The number of carbonyl (C=O) groups is 3. The van der Waals surface area contributed by atoms with Crippen LogP contribution < -0.4 is 15.5 Å². The zero-order valence-electron chi connectivity index (χ0n) is 18.9. The molecule has 0 aliphatic rings. The van der Waals surface area contributed by atoms with Crippen molar-refractivity contribution in [1.29, 1.82) is 0 Å². The predicted octanol–water partition coefficient (Wildman–Crippen LogP) is 4.41. The van der Waals surface area contributed by atoms with Crippen molar-refractivity contribution in [3.63, 3.8) is 0 Å². The number of anilines is 2. The van der Waals surface area contributed by atoms with Crippen LogP contribution in [-0.4, -0.2) is 37.6 Å². The monoisotopic (exact) mass is 457 g/mol. The molecule has 0 saturated carbocycles. The van der Waals surface area contributed by atoms with Crippen molar-refractivity contribution in [2.75, 3.05) is 29.9 Å². The zero-order valence-corrected chi connectivity index (χ0v) is 18.9. The third-order valence-corrected chi connectivity index (χ3v) is 4.78. The number of esters is 1. The van der Waals surface area contributed by atoms with E-state index in [0.717, 1.165) is 11.1 Å². The summed E-state index contributed by atoms with van der Waals surface area (Å²) in [5.74, 6) is -0.999. The molecule has 7 heteroatoms. The predicted molar refractivity (Wildman–Crippen MR) is 133 cm³/mol. The number of urea groups is 1. The first-order chi connectivity index (χ1) is 16.5. The van der Waals surface area contributed by atoms with Gasteiger partial charge in [-0.15, -0.1) is 0 Å². The molecule has 34 heavy (non-hydrogen) atoms. The van der Waals surface area contributed by atoms with E-state index in [0.29, 0.717) is 11.4 Å². The van der Waals surface area contributed by atoms with Crippen molar-refractivity contribution in [3.05, 3.63) is 102 Å². The molecule has 3 amide bonds. The molecule has 0 unspecified atom stereocenters. The van der Waals surface area contributed by atoms with Gasteiger partial charge in [0.2, 0.25) is 5.91 Å². The van der Waals surface area contributed by atoms with Crippen LogP contribution in [0.25, 0.3) is 6.08 Å². The number of hydrogen-bond donors (Lipinski definition) is 2. The molecule has 0 aliphatic heterocycles. The van der Waals surface area contributed by atoms with E-state index >= 15 is 0 Å². The van der Waals surface area contributed by atoms with Crippen LogP contribution >= 0.6 is 0 Å². The van der Waals surface area contributed by atoms with E-state index in [-0.39, 0.29) is 19.7 Å². The number of carbonyl (C=O) groups excluding carboxylic acids is 3. The number of nitrogens with one attached hydrogen (secondary N) is 2. The largest absolute Gasteiger partial charge is 0.460 e. The minimum atomic E-state index is -0.556. The van der Waals surface area contributed by atoms with Gasteiger partial charge in [0.25, 0.3) is 0 Å². The molecule has 0 atom stereocenters. The second-order valence-electron chi connectivity index (χ2n) is 7.49. The number of para-hydroxylation sites is 1. The van der Waals surface area contributed by atoms with Crippen molar-refractivity contribution in [2.24, 2.45) is 0 Å². The molecule has 0 heterocycles. The van der Waals surface area contributed by atoms with E-state index < -0.39 is 17.9 Å². The van der Waals surface area contributed by atoms with Crippen molar-refractivity contribution in [1.82, 2.24) is 5.32 Å². The quantitative estimate of drug-likeness (QED) is 0.466. The standard InChI is InChI=1S/C27H27N3O4/c1-21-10-8-14-23(18-21)29-27(33)28-19-25(31)30(24-15-6-3-7-16-24)20-26(32)34-17-9-13-22-11-4-2-5-12-22/h2-16,18H,17,19-20H2,1H3,(H2,28,29,33). The van der Waals surface area contributed by atoms with Gasteiger partial charge in [-0.05, 0) is 48.4 Å². The highest BCUT2D eigenvalue weighted by molar-refractivity contribution is 6.01.